The number of Topliss-reactive ketones (excluding diaryl/α,β-unsaturated/α-hetero) is 1. The van der Waals surface area contributed by atoms with Crippen LogP contribution in [0.25, 0.3) is 44.5 Å². The van der Waals surface area contributed by atoms with Gasteiger partial charge in [-0.2, -0.15) is 0 Å². The highest BCUT2D eigenvalue weighted by molar-refractivity contribution is 6.31. The second-order valence-corrected chi connectivity index (χ2v) is 16.5. The lowest BCUT2D eigenvalue weighted by atomic mass is 9.91. The first kappa shape index (κ1) is 42.1. The van der Waals surface area contributed by atoms with Gasteiger partial charge in [0.2, 0.25) is 17.7 Å². The standard InChI is InChI=1S/C27H29ClN2O2.C20H18ClN5O2/c1-5-26(32)29-14-19(15-29)12-21(31)16-30-18(4)27(24-13-20(28)10-11-25(24)30)23-9-7-6-8-22(23)17(2)3;1-2-19(28)25-10-15(11-25)24-18(27)12-26-16-5-4-14(21)8-13(16)9-17(26)20-22-6-3-7-23-20/h5-11,13,17,19H,1,12,14-16H2,2-4H3;2-9,15H,1,10-12H2,(H,24,27). The van der Waals surface area contributed by atoms with E-state index in [-0.39, 0.29) is 42.0 Å². The second-order valence-electron chi connectivity index (χ2n) is 15.6. The summed E-state index contributed by atoms with van der Waals surface area (Å²) in [5.41, 5.74) is 7.32. The molecule has 5 heterocycles. The van der Waals surface area contributed by atoms with E-state index in [0.717, 1.165) is 38.8 Å². The fourth-order valence-corrected chi connectivity index (χ4v) is 8.47. The Balaban J connectivity index is 0.000000183. The molecule has 0 atom stereocenters. The lowest BCUT2D eigenvalue weighted by Gasteiger charge is -2.38. The van der Waals surface area contributed by atoms with Crippen LogP contribution in [0.5, 0.6) is 0 Å². The minimum Gasteiger partial charge on any atom is -0.348 e. The van der Waals surface area contributed by atoms with E-state index in [1.54, 1.807) is 34.3 Å². The molecule has 11 nitrogen and oxygen atoms in total. The van der Waals surface area contributed by atoms with Gasteiger partial charge in [0.15, 0.2) is 11.6 Å². The number of hydrogen-bond acceptors (Lipinski definition) is 6. The van der Waals surface area contributed by atoms with Gasteiger partial charge in [-0.3, -0.25) is 19.2 Å². The zero-order valence-electron chi connectivity index (χ0n) is 33.9. The highest BCUT2D eigenvalue weighted by atomic mass is 35.5. The van der Waals surface area contributed by atoms with Crippen molar-refractivity contribution in [1.29, 1.82) is 0 Å². The smallest absolute Gasteiger partial charge is 0.246 e. The van der Waals surface area contributed by atoms with E-state index >= 15 is 0 Å². The van der Waals surface area contributed by atoms with Gasteiger partial charge in [0.1, 0.15) is 6.54 Å². The molecule has 0 unspecified atom stereocenters. The summed E-state index contributed by atoms with van der Waals surface area (Å²) in [6.07, 6.45) is 6.41. The van der Waals surface area contributed by atoms with Crippen molar-refractivity contribution in [3.05, 3.63) is 132 Å². The number of nitrogens with zero attached hydrogens (tertiary/aromatic N) is 6. The predicted octanol–water partition coefficient (Wildman–Crippen LogP) is 8.26. The number of carbonyl (C=O) groups is 4. The van der Waals surface area contributed by atoms with Gasteiger partial charge in [0, 0.05) is 94.0 Å². The molecule has 2 fully saturated rings. The van der Waals surface area contributed by atoms with Gasteiger partial charge in [0.25, 0.3) is 0 Å². The maximum absolute atomic E-state index is 13.0. The molecule has 1 N–H and O–H groups in total. The Morgan fingerprint density at radius 1 is 0.800 bits per heavy atom. The molecular weight excluding hydrogens is 797 g/mol. The normalized spacial score (nSPS) is 14.0. The van der Waals surface area contributed by atoms with Crippen LogP contribution in [0.2, 0.25) is 10.0 Å². The third kappa shape index (κ3) is 8.92. The largest absolute Gasteiger partial charge is 0.348 e. The molecule has 3 amide bonds. The first-order chi connectivity index (χ1) is 28.8. The number of amides is 3. The Morgan fingerprint density at radius 2 is 1.43 bits per heavy atom. The van der Waals surface area contributed by atoms with Crippen molar-refractivity contribution < 1.29 is 19.2 Å². The molecular formula is C47H47Cl2N7O4. The van der Waals surface area contributed by atoms with E-state index in [1.165, 1.54) is 23.3 Å². The monoisotopic (exact) mass is 843 g/mol. The Kier molecular flexibility index (Phi) is 12.7. The summed E-state index contributed by atoms with van der Waals surface area (Å²) in [7, 11) is 0. The molecule has 0 bridgehead atoms. The lowest BCUT2D eigenvalue weighted by Crippen LogP contribution is -2.61. The number of nitrogens with one attached hydrogen (secondary N) is 1. The van der Waals surface area contributed by atoms with Crippen LogP contribution in [0.1, 0.15) is 37.4 Å². The molecule has 2 aliphatic rings. The molecule has 0 spiro atoms. The zero-order valence-corrected chi connectivity index (χ0v) is 35.4. The summed E-state index contributed by atoms with van der Waals surface area (Å²) in [5, 5.41) is 6.25. The average molecular weight is 845 g/mol. The van der Waals surface area contributed by atoms with Crippen molar-refractivity contribution in [2.45, 2.75) is 52.2 Å². The number of aromatic nitrogens is 4. The Hall–Kier alpha value is -6.04. The molecule has 6 aromatic rings. The lowest BCUT2D eigenvalue weighted by molar-refractivity contribution is -0.134. The van der Waals surface area contributed by atoms with Crippen LogP contribution in [0, 0.1) is 12.8 Å². The number of likely N-dealkylation sites (tertiary alicyclic amines) is 2. The van der Waals surface area contributed by atoms with Gasteiger partial charge in [-0.1, -0.05) is 74.5 Å². The van der Waals surface area contributed by atoms with Crippen LogP contribution in [0.3, 0.4) is 0 Å². The quantitative estimate of drug-likeness (QED) is 0.124. The number of hydrogen-bond donors (Lipinski definition) is 1. The van der Waals surface area contributed by atoms with E-state index in [4.69, 9.17) is 23.2 Å². The van der Waals surface area contributed by atoms with Crippen LogP contribution >= 0.6 is 23.2 Å². The average Bonchev–Trinajstić information content (AvgIpc) is 3.69. The molecule has 308 valence electrons. The van der Waals surface area contributed by atoms with Crippen LogP contribution in [-0.4, -0.2) is 84.6 Å². The van der Waals surface area contributed by atoms with Gasteiger partial charge in [-0.25, -0.2) is 9.97 Å². The highest BCUT2D eigenvalue weighted by Crippen LogP contribution is 2.40. The van der Waals surface area contributed by atoms with E-state index in [2.05, 4.69) is 78.0 Å². The summed E-state index contributed by atoms with van der Waals surface area (Å²) in [5.74, 6) is 0.996. The van der Waals surface area contributed by atoms with Crippen LogP contribution in [0.4, 0.5) is 0 Å². The summed E-state index contributed by atoms with van der Waals surface area (Å²) < 4.78 is 3.99. The third-order valence-corrected chi connectivity index (χ3v) is 11.6. The molecule has 13 heteroatoms. The number of benzene rings is 3. The molecule has 2 aliphatic heterocycles. The fourth-order valence-electron chi connectivity index (χ4n) is 8.12. The topological polar surface area (TPSA) is 122 Å². The first-order valence-corrected chi connectivity index (χ1v) is 20.7. The van der Waals surface area contributed by atoms with Crippen molar-refractivity contribution in [3.8, 4) is 22.6 Å². The summed E-state index contributed by atoms with van der Waals surface area (Å²) in [4.78, 5) is 60.8. The van der Waals surface area contributed by atoms with Crippen molar-refractivity contribution in [2.24, 2.45) is 5.92 Å². The van der Waals surface area contributed by atoms with Crippen molar-refractivity contribution in [3.63, 3.8) is 0 Å². The van der Waals surface area contributed by atoms with Gasteiger partial charge in [0.05, 0.1) is 18.3 Å². The maximum atomic E-state index is 13.0. The molecule has 3 aromatic carbocycles. The van der Waals surface area contributed by atoms with Gasteiger partial charge < -0.3 is 24.3 Å². The van der Waals surface area contributed by atoms with E-state index < -0.39 is 0 Å². The van der Waals surface area contributed by atoms with Crippen LogP contribution in [-0.2, 0) is 32.3 Å². The molecule has 60 heavy (non-hydrogen) atoms. The summed E-state index contributed by atoms with van der Waals surface area (Å²) >= 11 is 12.5. The molecule has 8 rings (SSSR count). The number of fused-ring (bicyclic) bond motifs is 2. The maximum Gasteiger partial charge on any atom is 0.246 e. The minimum absolute atomic E-state index is 0.0518. The highest BCUT2D eigenvalue weighted by Gasteiger charge is 2.32. The number of rotatable bonds is 12. The predicted molar refractivity (Wildman–Crippen MR) is 238 cm³/mol. The van der Waals surface area contributed by atoms with Crippen molar-refractivity contribution in [1.82, 2.24) is 34.2 Å². The zero-order chi connectivity index (χ0) is 42.7. The second kappa shape index (κ2) is 18.1. The minimum atomic E-state index is -0.139. The Morgan fingerprint density at radius 3 is 2.10 bits per heavy atom. The molecule has 0 radical (unpaired) electrons. The molecule has 0 aliphatic carbocycles. The van der Waals surface area contributed by atoms with Crippen LogP contribution < -0.4 is 5.32 Å². The van der Waals surface area contributed by atoms with Crippen molar-refractivity contribution >= 4 is 68.5 Å². The van der Waals surface area contributed by atoms with Gasteiger partial charge in [-0.05, 0) is 84.7 Å². The SMILES string of the molecule is C=CC(=O)N1CC(CC(=O)Cn2c(C)c(-c3ccccc3C(C)C)c3cc(Cl)ccc32)C1.C=CC(=O)N1CC(NC(=O)Cn2c(-c3ncccn3)cc3cc(Cl)ccc32)C1. The Bertz CT molecular complexity index is 2620. The van der Waals surface area contributed by atoms with Crippen molar-refractivity contribution in [2.75, 3.05) is 26.2 Å². The fraction of sp³-hybridized carbons (Fsp3) is 0.277. The molecule has 3 aromatic heterocycles. The van der Waals surface area contributed by atoms with Gasteiger partial charge in [-0.15, -0.1) is 0 Å². The van der Waals surface area contributed by atoms with E-state index in [0.29, 0.717) is 60.9 Å². The van der Waals surface area contributed by atoms with E-state index in [1.807, 2.05) is 41.0 Å². The number of ketones is 1. The van der Waals surface area contributed by atoms with E-state index in [9.17, 15) is 19.2 Å². The van der Waals surface area contributed by atoms with Gasteiger partial charge >= 0.3 is 0 Å². The third-order valence-electron chi connectivity index (χ3n) is 11.1. The molecule has 2 saturated heterocycles. The summed E-state index contributed by atoms with van der Waals surface area (Å²) in [6, 6.07) is 23.5. The van der Waals surface area contributed by atoms with Crippen LogP contribution in [0.15, 0.2) is 111 Å². The summed E-state index contributed by atoms with van der Waals surface area (Å²) in [6.45, 7) is 16.2. The Labute approximate surface area is 359 Å². The number of carbonyl (C=O) groups excluding carboxylic acids is 4. The number of halogens is 2. The first-order valence-electron chi connectivity index (χ1n) is 19.9. The molecule has 0 saturated carbocycles.